The maximum Gasteiger partial charge on any atom is 0.243 e. The molecule has 2 atom stereocenters. The van der Waals surface area contributed by atoms with E-state index >= 15 is 0 Å². The fourth-order valence-electron chi connectivity index (χ4n) is 3.44. The number of fused-ring (bicyclic) bond motifs is 1. The average molecular weight is 313 g/mol. The zero-order valence-electron chi connectivity index (χ0n) is 12.0. The third kappa shape index (κ3) is 2.65. The summed E-state index contributed by atoms with van der Waals surface area (Å²) in [6, 6.07) is 2.72. The first kappa shape index (κ1) is 14.7. The summed E-state index contributed by atoms with van der Waals surface area (Å²) in [7, 11) is -3.89. The Hall–Kier alpha value is -1.18. The van der Waals surface area contributed by atoms with E-state index in [4.69, 9.17) is 5.73 Å². The molecule has 7 heteroatoms. The lowest BCUT2D eigenvalue weighted by molar-refractivity contribution is 0.308. The van der Waals surface area contributed by atoms with Crippen molar-refractivity contribution in [3.63, 3.8) is 0 Å². The number of sulfonamides is 1. The maximum absolute atomic E-state index is 14.1. The SMILES string of the molecule is Cc1cc(N)cc(S(=O)(=O)NC2CCN3CCCC23)c1F. The summed E-state index contributed by atoms with van der Waals surface area (Å²) in [5.74, 6) is -0.724. The minimum atomic E-state index is -3.89. The number of nitrogen functional groups attached to an aromatic ring is 1. The van der Waals surface area contributed by atoms with Gasteiger partial charge in [-0.2, -0.15) is 0 Å². The summed E-state index contributed by atoms with van der Waals surface area (Å²) in [4.78, 5) is 1.95. The molecule has 2 fully saturated rings. The highest BCUT2D eigenvalue weighted by Gasteiger charge is 2.39. The number of nitrogens with two attached hydrogens (primary N) is 1. The summed E-state index contributed by atoms with van der Waals surface area (Å²) >= 11 is 0. The summed E-state index contributed by atoms with van der Waals surface area (Å²) < 4.78 is 41.8. The number of anilines is 1. The second-order valence-corrected chi connectivity index (χ2v) is 7.59. The zero-order valence-corrected chi connectivity index (χ0v) is 12.8. The van der Waals surface area contributed by atoms with Crippen LogP contribution in [0.5, 0.6) is 0 Å². The lowest BCUT2D eigenvalue weighted by Gasteiger charge is -2.21. The molecule has 1 aromatic carbocycles. The molecule has 3 N–H and O–H groups in total. The van der Waals surface area contributed by atoms with E-state index in [9.17, 15) is 12.8 Å². The number of hydrogen-bond acceptors (Lipinski definition) is 4. The molecule has 2 saturated heterocycles. The largest absolute Gasteiger partial charge is 0.399 e. The molecule has 0 aromatic heterocycles. The van der Waals surface area contributed by atoms with Gasteiger partial charge in [-0.15, -0.1) is 0 Å². The molecule has 0 spiro atoms. The molecule has 0 saturated carbocycles. The maximum atomic E-state index is 14.1. The minimum absolute atomic E-state index is 0.140. The first-order valence-electron chi connectivity index (χ1n) is 7.20. The van der Waals surface area contributed by atoms with Gasteiger partial charge in [0, 0.05) is 24.3 Å². The van der Waals surface area contributed by atoms with Crippen LogP contribution in [0, 0.1) is 12.7 Å². The monoisotopic (exact) mass is 313 g/mol. The fraction of sp³-hybridized carbons (Fsp3) is 0.571. The fourth-order valence-corrected chi connectivity index (χ4v) is 4.93. The van der Waals surface area contributed by atoms with Gasteiger partial charge in [0.2, 0.25) is 10.0 Å². The first-order valence-corrected chi connectivity index (χ1v) is 8.69. The van der Waals surface area contributed by atoms with Crippen molar-refractivity contribution in [2.75, 3.05) is 18.8 Å². The summed E-state index contributed by atoms with van der Waals surface area (Å²) in [5.41, 5.74) is 6.14. The number of nitrogens with zero attached hydrogens (tertiary/aromatic N) is 1. The molecule has 116 valence electrons. The Balaban J connectivity index is 1.88. The predicted molar refractivity (Wildman–Crippen MR) is 78.9 cm³/mol. The molecule has 21 heavy (non-hydrogen) atoms. The van der Waals surface area contributed by atoms with Crippen LogP contribution in [0.4, 0.5) is 10.1 Å². The highest BCUT2D eigenvalue weighted by Crippen LogP contribution is 2.29. The van der Waals surface area contributed by atoms with Crippen molar-refractivity contribution >= 4 is 15.7 Å². The average Bonchev–Trinajstić information content (AvgIpc) is 2.98. The molecule has 2 unspecified atom stereocenters. The highest BCUT2D eigenvalue weighted by atomic mass is 32.2. The Morgan fingerprint density at radius 2 is 2.10 bits per heavy atom. The lowest BCUT2D eigenvalue weighted by Crippen LogP contribution is -2.42. The molecular formula is C14H20FN3O2S. The van der Waals surface area contributed by atoms with Crippen molar-refractivity contribution in [3.05, 3.63) is 23.5 Å². The van der Waals surface area contributed by atoms with Gasteiger partial charge in [-0.05, 0) is 50.4 Å². The van der Waals surface area contributed by atoms with Crippen molar-refractivity contribution in [3.8, 4) is 0 Å². The van der Waals surface area contributed by atoms with E-state index in [-0.39, 0.29) is 28.2 Å². The molecule has 2 aliphatic heterocycles. The molecule has 0 amide bonds. The van der Waals surface area contributed by atoms with Crippen LogP contribution in [-0.2, 0) is 10.0 Å². The van der Waals surface area contributed by atoms with Gasteiger partial charge in [0.05, 0.1) is 0 Å². The van der Waals surface area contributed by atoms with E-state index in [2.05, 4.69) is 9.62 Å². The van der Waals surface area contributed by atoms with Gasteiger partial charge in [-0.1, -0.05) is 0 Å². The van der Waals surface area contributed by atoms with Gasteiger partial charge >= 0.3 is 0 Å². The van der Waals surface area contributed by atoms with Crippen LogP contribution in [-0.4, -0.2) is 38.5 Å². The molecule has 0 aliphatic carbocycles. The lowest BCUT2D eigenvalue weighted by atomic mass is 10.1. The third-order valence-corrected chi connectivity index (χ3v) is 5.93. The van der Waals surface area contributed by atoms with Crippen molar-refractivity contribution in [2.45, 2.75) is 43.2 Å². The van der Waals surface area contributed by atoms with Crippen LogP contribution in [0.1, 0.15) is 24.8 Å². The van der Waals surface area contributed by atoms with Crippen molar-refractivity contribution < 1.29 is 12.8 Å². The van der Waals surface area contributed by atoms with Gasteiger partial charge in [-0.3, -0.25) is 4.90 Å². The second-order valence-electron chi connectivity index (χ2n) is 5.91. The normalized spacial score (nSPS) is 26.2. The Morgan fingerprint density at radius 1 is 1.33 bits per heavy atom. The quantitative estimate of drug-likeness (QED) is 0.823. The summed E-state index contributed by atoms with van der Waals surface area (Å²) in [5, 5.41) is 0. The Kier molecular flexibility index (Phi) is 3.67. The Morgan fingerprint density at radius 3 is 2.86 bits per heavy atom. The number of aryl methyl sites for hydroxylation is 1. The first-order chi connectivity index (χ1) is 9.88. The van der Waals surface area contributed by atoms with E-state index < -0.39 is 15.8 Å². The smallest absolute Gasteiger partial charge is 0.243 e. The molecular weight excluding hydrogens is 293 g/mol. The Bertz CT molecular complexity index is 662. The van der Waals surface area contributed by atoms with E-state index in [1.165, 1.54) is 19.1 Å². The molecule has 0 bridgehead atoms. The Labute approximate surface area is 124 Å². The van der Waals surface area contributed by atoms with Crippen molar-refractivity contribution in [2.24, 2.45) is 0 Å². The molecule has 0 radical (unpaired) electrons. The van der Waals surface area contributed by atoms with Gasteiger partial charge in [-0.25, -0.2) is 17.5 Å². The van der Waals surface area contributed by atoms with Crippen LogP contribution >= 0.6 is 0 Å². The topological polar surface area (TPSA) is 75.4 Å². The van der Waals surface area contributed by atoms with E-state index in [0.29, 0.717) is 0 Å². The van der Waals surface area contributed by atoms with E-state index in [1.54, 1.807) is 0 Å². The number of benzene rings is 1. The second kappa shape index (κ2) is 5.23. The standard InChI is InChI=1S/C14H20FN3O2S/c1-9-7-10(16)8-13(14(9)15)21(19,20)17-11-4-6-18-5-2-3-12(11)18/h7-8,11-12,17H,2-6,16H2,1H3. The molecule has 1 aromatic rings. The van der Waals surface area contributed by atoms with Gasteiger partial charge in [0.25, 0.3) is 0 Å². The summed E-state index contributed by atoms with van der Waals surface area (Å²) in [6.07, 6.45) is 2.85. The number of hydrogen-bond donors (Lipinski definition) is 2. The van der Waals surface area contributed by atoms with Crippen LogP contribution in [0.2, 0.25) is 0 Å². The molecule has 2 heterocycles. The predicted octanol–water partition coefficient (Wildman–Crippen LogP) is 1.23. The number of nitrogens with one attached hydrogen (secondary N) is 1. The van der Waals surface area contributed by atoms with Crippen molar-refractivity contribution in [1.82, 2.24) is 9.62 Å². The minimum Gasteiger partial charge on any atom is -0.399 e. The number of halogens is 1. The van der Waals surface area contributed by atoms with Gasteiger partial charge in [0.15, 0.2) is 0 Å². The zero-order chi connectivity index (χ0) is 15.2. The van der Waals surface area contributed by atoms with Gasteiger partial charge in [0.1, 0.15) is 10.7 Å². The summed E-state index contributed by atoms with van der Waals surface area (Å²) in [6.45, 7) is 3.43. The molecule has 2 aliphatic rings. The van der Waals surface area contributed by atoms with Crippen LogP contribution in [0.25, 0.3) is 0 Å². The molecule has 3 rings (SSSR count). The van der Waals surface area contributed by atoms with Gasteiger partial charge < -0.3 is 5.73 Å². The molecule has 5 nitrogen and oxygen atoms in total. The number of rotatable bonds is 3. The van der Waals surface area contributed by atoms with Crippen LogP contribution in [0.3, 0.4) is 0 Å². The van der Waals surface area contributed by atoms with Crippen molar-refractivity contribution in [1.29, 1.82) is 0 Å². The van der Waals surface area contributed by atoms with E-state index in [1.807, 2.05) is 0 Å². The van der Waals surface area contributed by atoms with Crippen LogP contribution < -0.4 is 10.5 Å². The highest BCUT2D eigenvalue weighted by molar-refractivity contribution is 7.89. The van der Waals surface area contributed by atoms with Crippen LogP contribution in [0.15, 0.2) is 17.0 Å². The third-order valence-electron chi connectivity index (χ3n) is 4.45. The van der Waals surface area contributed by atoms with E-state index in [0.717, 1.165) is 32.4 Å².